The molecule has 0 spiro atoms. The molecule has 1 amide bonds. The molecule has 1 aromatic heterocycles. The fourth-order valence-electron chi connectivity index (χ4n) is 2.87. The van der Waals surface area contributed by atoms with E-state index < -0.39 is 11.7 Å². The van der Waals surface area contributed by atoms with Gasteiger partial charge in [0.15, 0.2) is 0 Å². The Morgan fingerprint density at radius 2 is 1.72 bits per heavy atom. The molecule has 1 heterocycles. The van der Waals surface area contributed by atoms with Gasteiger partial charge in [0.1, 0.15) is 0 Å². The summed E-state index contributed by atoms with van der Waals surface area (Å²) in [5.41, 5.74) is 3.19. The van der Waals surface area contributed by atoms with Gasteiger partial charge in [-0.25, -0.2) is 4.68 Å². The summed E-state index contributed by atoms with van der Waals surface area (Å²) in [5.74, 6) is 0.462. The number of anilines is 1. The Morgan fingerprint density at radius 3 is 2.34 bits per heavy atom. The van der Waals surface area contributed by atoms with E-state index in [4.69, 9.17) is 0 Å². The van der Waals surface area contributed by atoms with Crippen LogP contribution in [0.1, 0.15) is 22.5 Å². The fraction of sp³-hybridized carbons (Fsp3) is 0.238. The largest absolute Gasteiger partial charge is 0.416 e. The van der Waals surface area contributed by atoms with Crippen LogP contribution in [0.5, 0.6) is 0 Å². The fourth-order valence-corrected chi connectivity index (χ4v) is 3.66. The van der Waals surface area contributed by atoms with Crippen molar-refractivity contribution < 1.29 is 18.0 Å². The van der Waals surface area contributed by atoms with Gasteiger partial charge in [-0.1, -0.05) is 30.3 Å². The Hall–Kier alpha value is -2.74. The second-order valence-electron chi connectivity index (χ2n) is 6.53. The number of thioether (sulfide) groups is 1. The Balaban J connectivity index is 1.57. The first-order chi connectivity index (χ1) is 13.8. The van der Waals surface area contributed by atoms with Crippen LogP contribution in [0.2, 0.25) is 0 Å². The lowest BCUT2D eigenvalue weighted by Gasteiger charge is -2.08. The minimum Gasteiger partial charge on any atom is -0.322 e. The summed E-state index contributed by atoms with van der Waals surface area (Å²) in [4.78, 5) is 12.3. The number of aromatic nitrogens is 2. The second-order valence-corrected chi connectivity index (χ2v) is 7.51. The summed E-state index contributed by atoms with van der Waals surface area (Å²) in [6, 6.07) is 14.6. The predicted octanol–water partition coefficient (Wildman–Crippen LogP) is 5.38. The third-order valence-electron chi connectivity index (χ3n) is 4.34. The molecule has 0 aliphatic carbocycles. The maximum atomic E-state index is 12.6. The van der Waals surface area contributed by atoms with Gasteiger partial charge in [0.2, 0.25) is 5.91 Å². The minimum absolute atomic E-state index is 0.180. The molecule has 1 N–H and O–H groups in total. The molecule has 3 aromatic rings. The van der Waals surface area contributed by atoms with Crippen LogP contribution in [0.15, 0.2) is 54.6 Å². The molecule has 0 aliphatic heterocycles. The van der Waals surface area contributed by atoms with Crippen LogP contribution in [0.4, 0.5) is 18.9 Å². The highest BCUT2D eigenvalue weighted by Gasteiger charge is 2.29. The number of halogens is 3. The second kappa shape index (κ2) is 8.73. The van der Waals surface area contributed by atoms with E-state index in [0.29, 0.717) is 17.1 Å². The SMILES string of the molecule is Cc1nn(-c2ccccc2)c(C)c1NC(=O)CSCc1ccc(C(F)(F)F)cc1. The van der Waals surface area contributed by atoms with Crippen LogP contribution >= 0.6 is 11.8 Å². The molecule has 0 fully saturated rings. The van der Waals surface area contributed by atoms with Gasteiger partial charge in [-0.2, -0.15) is 18.3 Å². The number of nitrogens with one attached hydrogen (secondary N) is 1. The number of nitrogens with zero attached hydrogens (tertiary/aromatic N) is 2. The lowest BCUT2D eigenvalue weighted by Crippen LogP contribution is -2.15. The van der Waals surface area contributed by atoms with Crippen molar-refractivity contribution >= 4 is 23.4 Å². The number of rotatable bonds is 6. The van der Waals surface area contributed by atoms with Crippen LogP contribution < -0.4 is 5.32 Å². The first kappa shape index (κ1) is 21.0. The smallest absolute Gasteiger partial charge is 0.322 e. The summed E-state index contributed by atoms with van der Waals surface area (Å²) >= 11 is 1.34. The van der Waals surface area contributed by atoms with E-state index >= 15 is 0 Å². The normalized spacial score (nSPS) is 11.5. The van der Waals surface area contributed by atoms with Crippen LogP contribution in [-0.2, 0) is 16.7 Å². The monoisotopic (exact) mass is 419 g/mol. The number of carbonyl (C=O) groups is 1. The van der Waals surface area contributed by atoms with Crippen LogP contribution in [0, 0.1) is 13.8 Å². The van der Waals surface area contributed by atoms with Gasteiger partial charge < -0.3 is 5.32 Å². The number of amides is 1. The standard InChI is InChI=1S/C21H20F3N3OS/c1-14-20(15(2)27(26-14)18-6-4-3-5-7-18)25-19(28)13-29-12-16-8-10-17(11-9-16)21(22,23)24/h3-11H,12-13H2,1-2H3,(H,25,28). The highest BCUT2D eigenvalue weighted by atomic mass is 32.2. The molecule has 0 radical (unpaired) electrons. The molecule has 2 aromatic carbocycles. The van der Waals surface area contributed by atoms with Crippen molar-refractivity contribution in [1.82, 2.24) is 9.78 Å². The molecule has 0 aliphatic rings. The van der Waals surface area contributed by atoms with Crippen molar-refractivity contribution in [2.24, 2.45) is 0 Å². The van der Waals surface area contributed by atoms with Crippen molar-refractivity contribution in [2.75, 3.05) is 11.1 Å². The van der Waals surface area contributed by atoms with Crippen LogP contribution in [-0.4, -0.2) is 21.4 Å². The van der Waals surface area contributed by atoms with E-state index in [-0.39, 0.29) is 11.7 Å². The van der Waals surface area contributed by atoms with E-state index in [1.165, 1.54) is 23.9 Å². The molecule has 0 saturated heterocycles. The van der Waals surface area contributed by atoms with Gasteiger partial charge in [0, 0.05) is 5.75 Å². The Morgan fingerprint density at radius 1 is 1.07 bits per heavy atom. The highest BCUT2D eigenvalue weighted by molar-refractivity contribution is 7.99. The van der Waals surface area contributed by atoms with Crippen LogP contribution in [0.25, 0.3) is 5.69 Å². The lowest BCUT2D eigenvalue weighted by atomic mass is 10.1. The van der Waals surface area contributed by atoms with E-state index in [0.717, 1.165) is 29.1 Å². The molecule has 0 bridgehead atoms. The van der Waals surface area contributed by atoms with Gasteiger partial charge in [-0.15, -0.1) is 11.8 Å². The Kier molecular flexibility index (Phi) is 6.32. The number of hydrogen-bond acceptors (Lipinski definition) is 3. The van der Waals surface area contributed by atoms with Crippen molar-refractivity contribution in [3.8, 4) is 5.69 Å². The third-order valence-corrected chi connectivity index (χ3v) is 5.34. The summed E-state index contributed by atoms with van der Waals surface area (Å²) in [6.07, 6.45) is -4.34. The van der Waals surface area contributed by atoms with E-state index in [9.17, 15) is 18.0 Å². The first-order valence-corrected chi connectivity index (χ1v) is 10.1. The number of benzene rings is 2. The topological polar surface area (TPSA) is 46.9 Å². The number of carbonyl (C=O) groups excluding carboxylic acids is 1. The molecule has 29 heavy (non-hydrogen) atoms. The Bertz CT molecular complexity index is 983. The van der Waals surface area contributed by atoms with Crippen molar-refractivity contribution in [1.29, 1.82) is 0 Å². The van der Waals surface area contributed by atoms with Gasteiger partial charge in [0.25, 0.3) is 0 Å². The molecule has 152 valence electrons. The summed E-state index contributed by atoms with van der Waals surface area (Å²) < 4.78 is 39.6. The Labute approximate surface area is 171 Å². The quantitative estimate of drug-likeness (QED) is 0.584. The van der Waals surface area contributed by atoms with Crippen molar-refractivity contribution in [3.63, 3.8) is 0 Å². The maximum absolute atomic E-state index is 12.6. The molecule has 0 unspecified atom stereocenters. The minimum atomic E-state index is -4.34. The summed E-state index contributed by atoms with van der Waals surface area (Å²) in [7, 11) is 0. The number of alkyl halides is 3. The van der Waals surface area contributed by atoms with Crippen molar-refractivity contribution in [2.45, 2.75) is 25.8 Å². The van der Waals surface area contributed by atoms with Crippen molar-refractivity contribution in [3.05, 3.63) is 77.1 Å². The molecular weight excluding hydrogens is 399 g/mol. The van der Waals surface area contributed by atoms with Gasteiger partial charge in [-0.3, -0.25) is 4.79 Å². The number of para-hydroxylation sites is 1. The van der Waals surface area contributed by atoms with Gasteiger partial charge in [0.05, 0.1) is 34.1 Å². The van der Waals surface area contributed by atoms with E-state index in [1.807, 2.05) is 44.2 Å². The zero-order chi connectivity index (χ0) is 21.0. The predicted molar refractivity (Wildman–Crippen MR) is 109 cm³/mol. The van der Waals surface area contributed by atoms with E-state index in [1.54, 1.807) is 4.68 Å². The van der Waals surface area contributed by atoms with Gasteiger partial charge in [-0.05, 0) is 43.7 Å². The van der Waals surface area contributed by atoms with Crippen LogP contribution in [0.3, 0.4) is 0 Å². The molecule has 3 rings (SSSR count). The molecular formula is C21H20F3N3OS. The molecule has 0 saturated carbocycles. The average Bonchev–Trinajstić information content (AvgIpc) is 2.96. The lowest BCUT2D eigenvalue weighted by molar-refractivity contribution is -0.137. The summed E-state index contributed by atoms with van der Waals surface area (Å²) in [5, 5.41) is 7.38. The molecule has 0 atom stereocenters. The highest BCUT2D eigenvalue weighted by Crippen LogP contribution is 2.29. The zero-order valence-electron chi connectivity index (χ0n) is 16.0. The molecule has 4 nitrogen and oxygen atoms in total. The van der Waals surface area contributed by atoms with Gasteiger partial charge >= 0.3 is 6.18 Å². The number of hydrogen-bond donors (Lipinski definition) is 1. The third kappa shape index (κ3) is 5.20. The summed E-state index contributed by atoms with van der Waals surface area (Å²) in [6.45, 7) is 3.72. The van der Waals surface area contributed by atoms with E-state index in [2.05, 4.69) is 10.4 Å². The molecule has 8 heteroatoms. The number of aryl methyl sites for hydroxylation is 1. The maximum Gasteiger partial charge on any atom is 0.416 e. The average molecular weight is 419 g/mol. The zero-order valence-corrected chi connectivity index (χ0v) is 16.8. The first-order valence-electron chi connectivity index (χ1n) is 8.91.